The van der Waals surface area contributed by atoms with Gasteiger partial charge in [-0.25, -0.2) is 12.7 Å². The highest BCUT2D eigenvalue weighted by Gasteiger charge is 2.25. The van der Waals surface area contributed by atoms with Crippen molar-refractivity contribution in [2.75, 3.05) is 26.0 Å². The first-order valence-electron chi connectivity index (χ1n) is 6.20. The third-order valence-corrected chi connectivity index (χ3v) is 4.74. The van der Waals surface area contributed by atoms with Crippen molar-refractivity contribution in [1.82, 2.24) is 4.31 Å². The van der Waals surface area contributed by atoms with Gasteiger partial charge in [0.1, 0.15) is 5.69 Å². The summed E-state index contributed by atoms with van der Waals surface area (Å²) in [7, 11) is -0.991. The number of sulfonamides is 1. The highest BCUT2D eigenvalue weighted by Crippen LogP contribution is 2.30. The summed E-state index contributed by atoms with van der Waals surface area (Å²) in [4.78, 5) is 10.4. The lowest BCUT2D eigenvalue weighted by Crippen LogP contribution is -2.39. The van der Waals surface area contributed by atoms with Gasteiger partial charge in [-0.1, -0.05) is 0 Å². The van der Waals surface area contributed by atoms with Crippen LogP contribution in [0.4, 0.5) is 11.4 Å². The summed E-state index contributed by atoms with van der Waals surface area (Å²) in [5.41, 5.74) is 4.96. The average Bonchev–Trinajstić information content (AvgIpc) is 2.38. The highest BCUT2D eigenvalue weighted by molar-refractivity contribution is 7.89. The van der Waals surface area contributed by atoms with E-state index in [1.54, 1.807) is 13.8 Å². The molecule has 0 bridgehead atoms. The van der Waals surface area contributed by atoms with Crippen LogP contribution in [-0.2, 0) is 10.0 Å². The molecule has 0 amide bonds. The minimum Gasteiger partial charge on any atom is -0.373 e. The van der Waals surface area contributed by atoms with Gasteiger partial charge in [-0.05, 0) is 26.0 Å². The summed E-state index contributed by atoms with van der Waals surface area (Å²) < 4.78 is 25.0. The van der Waals surface area contributed by atoms with Gasteiger partial charge in [-0.3, -0.25) is 10.1 Å². The minimum absolute atomic E-state index is 0.129. The Kier molecular flexibility index (Phi) is 4.92. The molecular formula is C12H20N4O4S. The molecule has 0 unspecified atom stereocenters. The lowest BCUT2D eigenvalue weighted by Gasteiger charge is -2.25. The molecule has 0 fully saturated rings. The van der Waals surface area contributed by atoms with Gasteiger partial charge in [0.25, 0.3) is 5.69 Å². The van der Waals surface area contributed by atoms with E-state index in [0.717, 1.165) is 10.4 Å². The topological polar surface area (TPSA) is 119 Å². The first kappa shape index (κ1) is 17.3. The number of nitro benzene ring substituents is 1. The SMILES string of the molecule is CN(C)S(=O)(=O)c1ccc(NC(C)(C)CN)c([N+](=O)[O-])c1. The van der Waals surface area contributed by atoms with Crippen LogP contribution >= 0.6 is 0 Å². The fourth-order valence-corrected chi connectivity index (χ4v) is 2.48. The molecule has 118 valence electrons. The van der Waals surface area contributed by atoms with Gasteiger partial charge in [0.2, 0.25) is 10.0 Å². The second-order valence-corrected chi connectivity index (χ2v) is 7.59. The molecule has 0 aliphatic carbocycles. The van der Waals surface area contributed by atoms with Crippen LogP contribution in [0.2, 0.25) is 0 Å². The number of nitro groups is 1. The fourth-order valence-electron chi connectivity index (χ4n) is 1.56. The molecule has 0 aliphatic heterocycles. The van der Waals surface area contributed by atoms with E-state index < -0.39 is 20.5 Å². The van der Waals surface area contributed by atoms with Crippen LogP contribution in [0.5, 0.6) is 0 Å². The molecule has 0 saturated heterocycles. The normalized spacial score (nSPS) is 12.5. The molecule has 1 aromatic carbocycles. The van der Waals surface area contributed by atoms with E-state index in [1.165, 1.54) is 26.2 Å². The van der Waals surface area contributed by atoms with E-state index in [1.807, 2.05) is 0 Å². The van der Waals surface area contributed by atoms with Gasteiger partial charge >= 0.3 is 0 Å². The quantitative estimate of drug-likeness (QED) is 0.597. The number of nitrogens with two attached hydrogens (primary N) is 1. The predicted octanol–water partition coefficient (Wildman–Crippen LogP) is 0.994. The smallest absolute Gasteiger partial charge is 0.293 e. The van der Waals surface area contributed by atoms with Crippen molar-refractivity contribution in [3.63, 3.8) is 0 Å². The molecule has 8 nitrogen and oxygen atoms in total. The van der Waals surface area contributed by atoms with Crippen molar-refractivity contribution >= 4 is 21.4 Å². The van der Waals surface area contributed by atoms with E-state index in [-0.39, 0.29) is 22.8 Å². The summed E-state index contributed by atoms with van der Waals surface area (Å²) >= 11 is 0. The van der Waals surface area contributed by atoms with Crippen molar-refractivity contribution in [3.8, 4) is 0 Å². The van der Waals surface area contributed by atoms with Crippen LogP contribution in [-0.4, -0.2) is 43.8 Å². The van der Waals surface area contributed by atoms with E-state index >= 15 is 0 Å². The van der Waals surface area contributed by atoms with Crippen molar-refractivity contribution in [3.05, 3.63) is 28.3 Å². The number of rotatable bonds is 6. The molecule has 0 aromatic heterocycles. The molecule has 1 rings (SSSR count). The largest absolute Gasteiger partial charge is 0.373 e. The lowest BCUT2D eigenvalue weighted by atomic mass is 10.1. The maximum atomic E-state index is 12.0. The Bertz CT molecular complexity index is 641. The molecule has 9 heteroatoms. The molecule has 0 aliphatic rings. The van der Waals surface area contributed by atoms with Crippen LogP contribution in [0.25, 0.3) is 0 Å². The molecule has 0 saturated carbocycles. The number of benzene rings is 1. The van der Waals surface area contributed by atoms with Gasteiger partial charge in [0.05, 0.1) is 9.82 Å². The monoisotopic (exact) mass is 316 g/mol. The zero-order valence-corrected chi connectivity index (χ0v) is 13.3. The summed E-state index contributed by atoms with van der Waals surface area (Å²) in [6, 6.07) is 3.76. The summed E-state index contributed by atoms with van der Waals surface area (Å²) in [5, 5.41) is 14.1. The van der Waals surface area contributed by atoms with Gasteiger partial charge in [-0.2, -0.15) is 0 Å². The number of hydrogen-bond donors (Lipinski definition) is 2. The molecule has 0 spiro atoms. The zero-order valence-electron chi connectivity index (χ0n) is 12.5. The second kappa shape index (κ2) is 5.96. The number of anilines is 1. The maximum Gasteiger partial charge on any atom is 0.293 e. The van der Waals surface area contributed by atoms with Crippen LogP contribution < -0.4 is 11.1 Å². The molecule has 0 radical (unpaired) electrons. The first-order valence-corrected chi connectivity index (χ1v) is 7.64. The number of nitrogens with one attached hydrogen (secondary N) is 1. The van der Waals surface area contributed by atoms with Crippen molar-refractivity contribution in [2.24, 2.45) is 5.73 Å². The molecule has 21 heavy (non-hydrogen) atoms. The summed E-state index contributed by atoms with van der Waals surface area (Å²) in [5.74, 6) is 0. The highest BCUT2D eigenvalue weighted by atomic mass is 32.2. The van der Waals surface area contributed by atoms with Crippen LogP contribution in [0.15, 0.2) is 23.1 Å². The standard InChI is InChI=1S/C12H20N4O4S/c1-12(2,8-13)14-10-6-5-9(7-11(10)16(17)18)21(19,20)15(3)4/h5-7,14H,8,13H2,1-4H3. The van der Waals surface area contributed by atoms with Crippen LogP contribution in [0, 0.1) is 10.1 Å². The average molecular weight is 316 g/mol. The lowest BCUT2D eigenvalue weighted by molar-refractivity contribution is -0.384. The van der Waals surface area contributed by atoms with E-state index in [2.05, 4.69) is 5.32 Å². The van der Waals surface area contributed by atoms with E-state index in [9.17, 15) is 18.5 Å². The number of nitrogens with zero attached hydrogens (tertiary/aromatic N) is 2. The Hall–Kier alpha value is -1.71. The Labute approximate surface area is 124 Å². The maximum absolute atomic E-state index is 12.0. The van der Waals surface area contributed by atoms with Crippen molar-refractivity contribution < 1.29 is 13.3 Å². The Morgan fingerprint density at radius 1 is 1.38 bits per heavy atom. The number of hydrogen-bond acceptors (Lipinski definition) is 6. The predicted molar refractivity (Wildman–Crippen MR) is 80.7 cm³/mol. The third-order valence-electron chi connectivity index (χ3n) is 2.93. The Balaban J connectivity index is 3.36. The fraction of sp³-hybridized carbons (Fsp3) is 0.500. The van der Waals surface area contributed by atoms with E-state index in [4.69, 9.17) is 5.73 Å². The Morgan fingerprint density at radius 3 is 2.38 bits per heavy atom. The van der Waals surface area contributed by atoms with E-state index in [0.29, 0.717) is 0 Å². The van der Waals surface area contributed by atoms with Crippen LogP contribution in [0.3, 0.4) is 0 Å². The van der Waals surface area contributed by atoms with Gasteiger partial charge in [0.15, 0.2) is 0 Å². The molecule has 1 aromatic rings. The molecule has 0 heterocycles. The molecule has 3 N–H and O–H groups in total. The van der Waals surface area contributed by atoms with Gasteiger partial charge < -0.3 is 11.1 Å². The van der Waals surface area contributed by atoms with Crippen molar-refractivity contribution in [2.45, 2.75) is 24.3 Å². The minimum atomic E-state index is -3.72. The van der Waals surface area contributed by atoms with Crippen molar-refractivity contribution in [1.29, 1.82) is 0 Å². The second-order valence-electron chi connectivity index (χ2n) is 5.44. The summed E-state index contributed by atoms with van der Waals surface area (Å²) in [6.07, 6.45) is 0. The zero-order chi connectivity index (χ0) is 16.4. The Morgan fingerprint density at radius 2 is 1.95 bits per heavy atom. The van der Waals surface area contributed by atoms with Gasteiger partial charge in [0, 0.05) is 32.2 Å². The summed E-state index contributed by atoms with van der Waals surface area (Å²) in [6.45, 7) is 3.85. The van der Waals surface area contributed by atoms with Gasteiger partial charge in [-0.15, -0.1) is 0 Å². The first-order chi connectivity index (χ1) is 9.51. The van der Waals surface area contributed by atoms with Crippen LogP contribution in [0.1, 0.15) is 13.8 Å². The molecular weight excluding hydrogens is 296 g/mol. The third kappa shape index (κ3) is 3.90. The molecule has 0 atom stereocenters.